The molecule has 5 aromatic rings. The molecule has 0 N–H and O–H groups in total. The normalized spacial score (nSPS) is 11.1. The van der Waals surface area contributed by atoms with Crippen LogP contribution in [0.15, 0.2) is 78.0 Å². The highest BCUT2D eigenvalue weighted by Crippen LogP contribution is 2.43. The van der Waals surface area contributed by atoms with Crippen LogP contribution in [0.2, 0.25) is 5.02 Å². The second-order valence-electron chi connectivity index (χ2n) is 7.30. The van der Waals surface area contributed by atoms with Crippen molar-refractivity contribution >= 4 is 50.6 Å². The maximum Gasteiger partial charge on any atom is 0.196 e. The lowest BCUT2D eigenvalue weighted by Crippen LogP contribution is -2.05. The molecule has 2 aromatic heterocycles. The van der Waals surface area contributed by atoms with Gasteiger partial charge in [0, 0.05) is 21.3 Å². The third kappa shape index (κ3) is 4.32. The number of rotatable bonds is 7. The summed E-state index contributed by atoms with van der Waals surface area (Å²) in [5, 5.41) is 10.9. The van der Waals surface area contributed by atoms with Crippen molar-refractivity contribution in [2.75, 3.05) is 12.9 Å². The van der Waals surface area contributed by atoms with E-state index in [1.165, 1.54) is 47.4 Å². The zero-order chi connectivity index (χ0) is 23.7. The Hall–Kier alpha value is -3.20. The lowest BCUT2D eigenvalue weighted by Gasteiger charge is -2.09. The number of ether oxygens (including phenoxy) is 1. The summed E-state index contributed by atoms with van der Waals surface area (Å²) in [6.45, 7) is 0. The summed E-state index contributed by atoms with van der Waals surface area (Å²) in [5.41, 5.74) is 1.30. The van der Waals surface area contributed by atoms with Gasteiger partial charge in [-0.15, -0.1) is 21.5 Å². The molecule has 0 amide bonds. The third-order valence-corrected chi connectivity index (χ3v) is 7.77. The Bertz CT molecular complexity index is 1480. The van der Waals surface area contributed by atoms with Crippen LogP contribution in [0.1, 0.15) is 10.4 Å². The zero-order valence-corrected chi connectivity index (χ0v) is 20.3. The van der Waals surface area contributed by atoms with E-state index >= 15 is 0 Å². The predicted molar refractivity (Wildman–Crippen MR) is 135 cm³/mol. The van der Waals surface area contributed by atoms with E-state index in [2.05, 4.69) is 10.2 Å². The van der Waals surface area contributed by atoms with Crippen molar-refractivity contribution in [3.8, 4) is 22.1 Å². The summed E-state index contributed by atoms with van der Waals surface area (Å²) >= 11 is 9.55. The highest BCUT2D eigenvalue weighted by Gasteiger charge is 2.22. The van der Waals surface area contributed by atoms with Crippen LogP contribution in [0.4, 0.5) is 4.39 Å². The Labute approximate surface area is 208 Å². The van der Waals surface area contributed by atoms with Crippen molar-refractivity contribution in [3.05, 3.63) is 89.2 Å². The largest absolute Gasteiger partial charge is 0.497 e. The minimum Gasteiger partial charge on any atom is -0.497 e. The van der Waals surface area contributed by atoms with Crippen LogP contribution in [0, 0.1) is 5.82 Å². The monoisotopic (exact) mass is 509 g/mol. The third-order valence-electron chi connectivity index (χ3n) is 5.19. The average Bonchev–Trinajstić information content (AvgIpc) is 3.43. The number of para-hydroxylation sites is 1. The number of halogens is 2. The van der Waals surface area contributed by atoms with Crippen LogP contribution < -0.4 is 4.74 Å². The minimum atomic E-state index is -0.379. The molecule has 0 fully saturated rings. The van der Waals surface area contributed by atoms with Gasteiger partial charge in [0.1, 0.15) is 11.6 Å². The molecule has 0 saturated heterocycles. The average molecular weight is 510 g/mol. The van der Waals surface area contributed by atoms with Crippen LogP contribution in [0.3, 0.4) is 0 Å². The molecule has 2 heterocycles. The number of ketones is 1. The van der Waals surface area contributed by atoms with Gasteiger partial charge in [-0.05, 0) is 54.6 Å². The van der Waals surface area contributed by atoms with Crippen molar-refractivity contribution < 1.29 is 13.9 Å². The van der Waals surface area contributed by atoms with E-state index in [9.17, 15) is 9.18 Å². The number of Topliss-reactive ketones (excluding diaryl/α,β-unsaturated/α-hetero) is 1. The fourth-order valence-electron chi connectivity index (χ4n) is 3.49. The molecular formula is C25H17ClFN3O2S2. The van der Waals surface area contributed by atoms with E-state index in [4.69, 9.17) is 16.3 Å². The molecule has 34 heavy (non-hydrogen) atoms. The fraction of sp³-hybridized carbons (Fsp3) is 0.0800. The van der Waals surface area contributed by atoms with E-state index < -0.39 is 0 Å². The van der Waals surface area contributed by atoms with Crippen molar-refractivity contribution in [1.29, 1.82) is 0 Å². The zero-order valence-electron chi connectivity index (χ0n) is 17.9. The maximum atomic E-state index is 13.2. The Morgan fingerprint density at radius 3 is 2.59 bits per heavy atom. The van der Waals surface area contributed by atoms with Gasteiger partial charge >= 0.3 is 0 Å². The molecule has 0 aliphatic carbocycles. The summed E-state index contributed by atoms with van der Waals surface area (Å²) < 4.78 is 21.4. The predicted octanol–water partition coefficient (Wildman–Crippen LogP) is 6.93. The number of hydrogen-bond acceptors (Lipinski definition) is 6. The SMILES string of the molecule is COc1ccc2c(Cl)c(-c3nnc(SCC(=O)c4ccc(F)cc4)n3-c3ccccc3)sc2c1. The number of methoxy groups -OCH3 is 1. The van der Waals surface area contributed by atoms with E-state index in [1.54, 1.807) is 7.11 Å². The van der Waals surface area contributed by atoms with Gasteiger partial charge in [-0.25, -0.2) is 4.39 Å². The number of fused-ring (bicyclic) bond motifs is 1. The van der Waals surface area contributed by atoms with Crippen LogP contribution in [0.25, 0.3) is 26.5 Å². The molecule has 0 radical (unpaired) electrons. The van der Waals surface area contributed by atoms with Crippen LogP contribution >= 0.6 is 34.7 Å². The first kappa shape index (κ1) is 22.6. The van der Waals surface area contributed by atoms with E-state index in [1.807, 2.05) is 53.1 Å². The molecule has 0 bridgehead atoms. The van der Waals surface area contributed by atoms with Gasteiger partial charge in [0.15, 0.2) is 16.8 Å². The van der Waals surface area contributed by atoms with Gasteiger partial charge < -0.3 is 4.74 Å². The van der Waals surface area contributed by atoms with Gasteiger partial charge in [0.2, 0.25) is 0 Å². The molecule has 0 saturated carbocycles. The highest BCUT2D eigenvalue weighted by molar-refractivity contribution is 7.99. The lowest BCUT2D eigenvalue weighted by molar-refractivity contribution is 0.102. The highest BCUT2D eigenvalue weighted by atomic mass is 35.5. The van der Waals surface area contributed by atoms with Gasteiger partial charge in [0.05, 0.1) is 22.8 Å². The molecule has 5 nitrogen and oxygen atoms in total. The van der Waals surface area contributed by atoms with Crippen molar-refractivity contribution in [2.24, 2.45) is 0 Å². The molecule has 3 aromatic carbocycles. The number of carbonyl (C=O) groups excluding carboxylic acids is 1. The Morgan fingerprint density at radius 2 is 1.85 bits per heavy atom. The molecule has 0 unspecified atom stereocenters. The Morgan fingerprint density at radius 1 is 1.09 bits per heavy atom. The van der Waals surface area contributed by atoms with Crippen LogP contribution in [0.5, 0.6) is 5.75 Å². The minimum absolute atomic E-state index is 0.124. The Kier molecular flexibility index (Phi) is 6.36. The first-order chi connectivity index (χ1) is 16.5. The summed E-state index contributed by atoms with van der Waals surface area (Å²) in [7, 11) is 1.63. The quantitative estimate of drug-likeness (QED) is 0.176. The second kappa shape index (κ2) is 9.58. The maximum absolute atomic E-state index is 13.2. The number of thiophene rings is 1. The van der Waals surface area contributed by atoms with Gasteiger partial charge in [-0.3, -0.25) is 9.36 Å². The second-order valence-corrected chi connectivity index (χ2v) is 9.68. The standard InChI is InChI=1S/C25H17ClFN3O2S2/c1-32-18-11-12-19-21(13-18)34-23(22(19)26)24-28-29-25(30(24)17-5-3-2-4-6-17)33-14-20(31)15-7-9-16(27)10-8-15/h2-13H,14H2,1H3. The number of aromatic nitrogens is 3. The molecule has 170 valence electrons. The summed E-state index contributed by atoms with van der Waals surface area (Å²) in [6.07, 6.45) is 0. The van der Waals surface area contributed by atoms with Gasteiger partial charge in [0.25, 0.3) is 0 Å². The van der Waals surface area contributed by atoms with Crippen LogP contribution in [-0.2, 0) is 0 Å². The summed E-state index contributed by atoms with van der Waals surface area (Å²) in [6, 6.07) is 20.9. The van der Waals surface area contributed by atoms with E-state index in [0.717, 1.165) is 26.4 Å². The van der Waals surface area contributed by atoms with Crippen molar-refractivity contribution in [2.45, 2.75) is 5.16 Å². The first-order valence-electron chi connectivity index (χ1n) is 10.2. The number of benzene rings is 3. The molecule has 0 spiro atoms. The van der Waals surface area contributed by atoms with Crippen molar-refractivity contribution in [3.63, 3.8) is 0 Å². The smallest absolute Gasteiger partial charge is 0.196 e. The number of hydrogen-bond donors (Lipinski definition) is 0. The Balaban J connectivity index is 1.54. The molecule has 0 atom stereocenters. The van der Waals surface area contributed by atoms with E-state index in [-0.39, 0.29) is 17.4 Å². The fourth-order valence-corrected chi connectivity index (χ4v) is 5.85. The molecule has 9 heteroatoms. The number of nitrogens with zero attached hydrogens (tertiary/aromatic N) is 3. The summed E-state index contributed by atoms with van der Waals surface area (Å²) in [4.78, 5) is 13.4. The first-order valence-corrected chi connectivity index (χ1v) is 12.4. The molecule has 5 rings (SSSR count). The summed E-state index contributed by atoms with van der Waals surface area (Å²) in [5.74, 6) is 0.968. The van der Waals surface area contributed by atoms with E-state index in [0.29, 0.717) is 21.6 Å². The molecular weight excluding hydrogens is 493 g/mol. The van der Waals surface area contributed by atoms with Gasteiger partial charge in [-0.1, -0.05) is 41.6 Å². The number of thioether (sulfide) groups is 1. The number of carbonyl (C=O) groups is 1. The molecule has 0 aliphatic rings. The van der Waals surface area contributed by atoms with Crippen LogP contribution in [-0.4, -0.2) is 33.4 Å². The van der Waals surface area contributed by atoms with Crippen molar-refractivity contribution in [1.82, 2.24) is 14.8 Å². The van der Waals surface area contributed by atoms with Gasteiger partial charge in [-0.2, -0.15) is 0 Å². The molecule has 0 aliphatic heterocycles. The lowest BCUT2D eigenvalue weighted by atomic mass is 10.1. The topological polar surface area (TPSA) is 57.0 Å².